The SMILES string of the molecule is C/C=C(/C)C(=O)OC[C@H]1C2=C(C[C@H]3[C@H]4c5c(O)c(OC)c(C)c(O)c5C(=O)[C@@H]([C@H](CC(C)=O)N13)N4C)C(=O)C(C)=C(OC)C2=O. The third-order valence-corrected chi connectivity index (χ3v) is 9.73. The van der Waals surface area contributed by atoms with Crippen LogP contribution < -0.4 is 4.74 Å². The molecular weight excluding hydrogens is 584 g/mol. The van der Waals surface area contributed by atoms with Crippen LogP contribution in [0.15, 0.2) is 34.1 Å². The summed E-state index contributed by atoms with van der Waals surface area (Å²) in [6, 6.07) is -4.39. The van der Waals surface area contributed by atoms with Crippen LogP contribution in [0.2, 0.25) is 0 Å². The molecule has 0 amide bonds. The molecule has 5 rings (SSSR count). The molecule has 0 radical (unpaired) electrons. The molecule has 1 aromatic carbocycles. The summed E-state index contributed by atoms with van der Waals surface area (Å²) in [5.74, 6) is -3.12. The zero-order valence-electron chi connectivity index (χ0n) is 26.6. The van der Waals surface area contributed by atoms with Gasteiger partial charge in [0.15, 0.2) is 28.8 Å². The molecule has 2 bridgehead atoms. The van der Waals surface area contributed by atoms with E-state index in [0.717, 1.165) is 0 Å². The van der Waals surface area contributed by atoms with Crippen molar-refractivity contribution in [3.8, 4) is 17.2 Å². The van der Waals surface area contributed by atoms with Crippen LogP contribution in [0.25, 0.3) is 0 Å². The van der Waals surface area contributed by atoms with Gasteiger partial charge in [-0.1, -0.05) is 6.08 Å². The number of esters is 1. The second-order valence-corrected chi connectivity index (χ2v) is 12.1. The number of methoxy groups -OCH3 is 2. The number of rotatable bonds is 7. The second kappa shape index (κ2) is 11.6. The van der Waals surface area contributed by atoms with Gasteiger partial charge in [0.1, 0.15) is 18.1 Å². The smallest absolute Gasteiger partial charge is 0.333 e. The minimum absolute atomic E-state index is 0.00114. The summed E-state index contributed by atoms with van der Waals surface area (Å²) in [6.45, 7) is 7.33. The topological polar surface area (TPSA) is 160 Å². The first kappa shape index (κ1) is 32.1. The van der Waals surface area contributed by atoms with Gasteiger partial charge in [0.05, 0.1) is 37.9 Å². The highest BCUT2D eigenvalue weighted by Gasteiger charge is 2.60. The molecule has 5 atom stereocenters. The Kier molecular flexibility index (Phi) is 8.26. The molecule has 3 aliphatic heterocycles. The van der Waals surface area contributed by atoms with Crippen LogP contribution in [0, 0.1) is 6.92 Å². The Hall–Kier alpha value is -4.29. The van der Waals surface area contributed by atoms with Gasteiger partial charge < -0.3 is 24.4 Å². The summed E-state index contributed by atoms with van der Waals surface area (Å²) in [6.07, 6.45) is 1.48. The molecule has 12 nitrogen and oxygen atoms in total. The number of ether oxygens (including phenoxy) is 3. The number of phenols is 2. The molecular formula is C33H38N2O10. The second-order valence-electron chi connectivity index (χ2n) is 12.1. The number of fused-ring (bicyclic) bond motifs is 6. The van der Waals surface area contributed by atoms with Gasteiger partial charge in [0.2, 0.25) is 5.78 Å². The number of Topliss-reactive ketones (excluding diaryl/α,β-unsaturated/α-hetero) is 4. The third-order valence-electron chi connectivity index (χ3n) is 9.73. The number of allylic oxidation sites excluding steroid dienone is 3. The molecule has 1 fully saturated rings. The van der Waals surface area contributed by atoms with Crippen molar-refractivity contribution < 1.29 is 48.4 Å². The van der Waals surface area contributed by atoms with E-state index >= 15 is 0 Å². The number of nitrogens with zero attached hydrogens (tertiary/aromatic N) is 2. The van der Waals surface area contributed by atoms with Crippen molar-refractivity contribution in [3.05, 3.63) is 50.8 Å². The quantitative estimate of drug-likeness (QED) is 0.198. The minimum Gasteiger partial charge on any atom is -0.507 e. The third kappa shape index (κ3) is 4.61. The van der Waals surface area contributed by atoms with Crippen molar-refractivity contribution >= 4 is 29.1 Å². The van der Waals surface area contributed by atoms with Gasteiger partial charge >= 0.3 is 5.97 Å². The van der Waals surface area contributed by atoms with Crippen LogP contribution in [-0.4, -0.2) is 101 Å². The highest BCUT2D eigenvalue weighted by Crippen LogP contribution is 2.56. The number of likely N-dealkylation sites (N-methyl/N-ethyl adjacent to an activating group) is 1. The number of aromatic hydroxyl groups is 2. The van der Waals surface area contributed by atoms with E-state index in [-0.39, 0.29) is 81.6 Å². The van der Waals surface area contributed by atoms with Crippen molar-refractivity contribution in [1.29, 1.82) is 0 Å². The fraction of sp³-hybridized carbons (Fsp3) is 0.485. The molecule has 0 aromatic heterocycles. The molecule has 0 saturated carbocycles. The highest BCUT2D eigenvalue weighted by molar-refractivity contribution is 6.25. The summed E-state index contributed by atoms with van der Waals surface area (Å²) in [4.78, 5) is 71.4. The molecule has 240 valence electrons. The van der Waals surface area contributed by atoms with Crippen LogP contribution >= 0.6 is 0 Å². The Labute approximate surface area is 260 Å². The first-order valence-corrected chi connectivity index (χ1v) is 14.8. The van der Waals surface area contributed by atoms with Gasteiger partial charge in [0.25, 0.3) is 0 Å². The lowest BCUT2D eigenvalue weighted by Crippen LogP contribution is -2.72. The van der Waals surface area contributed by atoms with Gasteiger partial charge in [-0.15, -0.1) is 0 Å². The number of hydrogen-bond acceptors (Lipinski definition) is 12. The lowest BCUT2D eigenvalue weighted by Gasteiger charge is -2.60. The molecule has 2 N–H and O–H groups in total. The lowest BCUT2D eigenvalue weighted by atomic mass is 9.68. The zero-order chi connectivity index (χ0) is 33.2. The average molecular weight is 623 g/mol. The van der Waals surface area contributed by atoms with Crippen molar-refractivity contribution in [2.45, 2.75) is 77.7 Å². The number of ketones is 4. The van der Waals surface area contributed by atoms with Crippen molar-refractivity contribution in [1.82, 2.24) is 9.80 Å². The molecule has 3 heterocycles. The normalized spacial score (nSPS) is 26.8. The number of piperazine rings is 1. The standard InChI is InChI=1S/C33H38N2O10/c1-9-13(2)33(42)45-12-20-21-17(26(37)15(4)31(43-7)29(21)40)11-19-24-22-23(27(38)16(5)32(44-8)30(22)41)28(39)25(34(24)6)18(35(19)20)10-14(3)36/h9,18-20,24-25,38,41H,10-12H2,1-8H3/b13-9-/t18-,19-,20-,24-,25+/m0/s1. The summed E-state index contributed by atoms with van der Waals surface area (Å²) in [5, 5.41) is 22.8. The fourth-order valence-corrected chi connectivity index (χ4v) is 7.61. The highest BCUT2D eigenvalue weighted by atomic mass is 16.5. The Morgan fingerprint density at radius 1 is 1.00 bits per heavy atom. The first-order chi connectivity index (χ1) is 21.2. The van der Waals surface area contributed by atoms with Gasteiger partial charge in [-0.05, 0) is 48.1 Å². The summed E-state index contributed by atoms with van der Waals surface area (Å²) < 4.78 is 16.5. The number of benzene rings is 1. The van der Waals surface area contributed by atoms with Crippen molar-refractivity contribution in [3.63, 3.8) is 0 Å². The first-order valence-electron chi connectivity index (χ1n) is 14.8. The van der Waals surface area contributed by atoms with E-state index in [9.17, 15) is 34.2 Å². The predicted octanol–water partition coefficient (Wildman–Crippen LogP) is 2.64. The Balaban J connectivity index is 1.80. The summed E-state index contributed by atoms with van der Waals surface area (Å²) in [5.41, 5.74) is 0.998. The van der Waals surface area contributed by atoms with Gasteiger partial charge in [-0.2, -0.15) is 0 Å². The molecule has 12 heteroatoms. The summed E-state index contributed by atoms with van der Waals surface area (Å²) >= 11 is 0. The van der Waals surface area contributed by atoms with E-state index in [1.54, 1.807) is 31.9 Å². The van der Waals surface area contributed by atoms with Crippen molar-refractivity contribution in [2.75, 3.05) is 27.9 Å². The summed E-state index contributed by atoms with van der Waals surface area (Å²) in [7, 11) is 4.33. The molecule has 0 unspecified atom stereocenters. The monoisotopic (exact) mass is 622 g/mol. The fourth-order valence-electron chi connectivity index (χ4n) is 7.61. The van der Waals surface area contributed by atoms with Crippen LogP contribution in [-0.2, 0) is 28.7 Å². The molecule has 0 spiro atoms. The van der Waals surface area contributed by atoms with Crippen LogP contribution in [0.1, 0.15) is 68.1 Å². The number of carbonyl (C=O) groups excluding carboxylic acids is 5. The number of carbonyl (C=O) groups is 5. The van der Waals surface area contributed by atoms with Crippen LogP contribution in [0.4, 0.5) is 0 Å². The molecule has 4 aliphatic rings. The maximum atomic E-state index is 14.3. The minimum atomic E-state index is -1.04. The maximum Gasteiger partial charge on any atom is 0.333 e. The van der Waals surface area contributed by atoms with E-state index < -0.39 is 53.5 Å². The maximum absolute atomic E-state index is 14.3. The van der Waals surface area contributed by atoms with Crippen LogP contribution in [0.3, 0.4) is 0 Å². The van der Waals surface area contributed by atoms with E-state index in [2.05, 4.69) is 0 Å². The van der Waals surface area contributed by atoms with Gasteiger partial charge in [-0.3, -0.25) is 29.0 Å². The van der Waals surface area contributed by atoms with Gasteiger partial charge in [-0.25, -0.2) is 4.79 Å². The van der Waals surface area contributed by atoms with Crippen molar-refractivity contribution in [2.24, 2.45) is 0 Å². The zero-order valence-corrected chi connectivity index (χ0v) is 26.6. The Morgan fingerprint density at radius 2 is 1.67 bits per heavy atom. The van der Waals surface area contributed by atoms with E-state index in [1.807, 2.05) is 4.90 Å². The predicted molar refractivity (Wildman–Crippen MR) is 160 cm³/mol. The molecule has 45 heavy (non-hydrogen) atoms. The van der Waals surface area contributed by atoms with E-state index in [0.29, 0.717) is 5.57 Å². The molecule has 1 saturated heterocycles. The number of phenolic OH excluding ortho intramolecular Hbond substituents is 2. The molecule has 1 aliphatic carbocycles. The number of hydrogen-bond donors (Lipinski definition) is 2. The average Bonchev–Trinajstić information content (AvgIpc) is 2.99. The largest absolute Gasteiger partial charge is 0.507 e. The van der Waals surface area contributed by atoms with E-state index in [4.69, 9.17) is 14.2 Å². The Morgan fingerprint density at radius 3 is 2.24 bits per heavy atom. The lowest BCUT2D eigenvalue weighted by molar-refractivity contribution is -0.145. The van der Waals surface area contributed by atoms with Crippen LogP contribution in [0.5, 0.6) is 17.2 Å². The Bertz CT molecular complexity index is 1650. The molecule has 1 aromatic rings. The van der Waals surface area contributed by atoms with E-state index in [1.165, 1.54) is 35.0 Å². The van der Waals surface area contributed by atoms with Gasteiger partial charge in [0, 0.05) is 51.9 Å².